The number of amides is 1. The molecule has 1 fully saturated rings. The molecule has 1 aromatic heterocycles. The molecule has 1 amide bonds. The maximum atomic E-state index is 12.4. The highest BCUT2D eigenvalue weighted by Gasteiger charge is 2.20. The Morgan fingerprint density at radius 3 is 2.86 bits per heavy atom. The largest absolute Gasteiger partial charge is 0.512 e. The number of nitrogens with zero attached hydrogens (tertiary/aromatic N) is 3. The fourth-order valence-electron chi connectivity index (χ4n) is 4.98. The average molecular weight is 499 g/mol. The quantitative estimate of drug-likeness (QED) is 0.390. The number of aryl methyl sites for hydroxylation is 1. The van der Waals surface area contributed by atoms with Crippen LogP contribution in [0.1, 0.15) is 70.0 Å². The van der Waals surface area contributed by atoms with E-state index in [-0.39, 0.29) is 11.8 Å². The van der Waals surface area contributed by atoms with Crippen molar-refractivity contribution in [2.24, 2.45) is 11.8 Å². The second-order valence-electron chi connectivity index (χ2n) is 9.67. The van der Waals surface area contributed by atoms with Gasteiger partial charge >= 0.3 is 0 Å². The van der Waals surface area contributed by atoms with Gasteiger partial charge in [0.1, 0.15) is 11.6 Å². The van der Waals surface area contributed by atoms with Gasteiger partial charge in [-0.3, -0.25) is 9.36 Å². The zero-order valence-corrected chi connectivity index (χ0v) is 21.6. The lowest BCUT2D eigenvalue weighted by Crippen LogP contribution is -2.30. The highest BCUT2D eigenvalue weighted by Crippen LogP contribution is 2.31. The van der Waals surface area contributed by atoms with Crippen LogP contribution in [-0.2, 0) is 11.2 Å². The van der Waals surface area contributed by atoms with Gasteiger partial charge in [-0.15, -0.1) is 10.2 Å². The fraction of sp³-hybridized carbons (Fsp3) is 0.593. The number of thioether (sulfide) groups is 1. The smallest absolute Gasteiger partial charge is 0.220 e. The van der Waals surface area contributed by atoms with Crippen molar-refractivity contribution in [3.63, 3.8) is 0 Å². The maximum Gasteiger partial charge on any atom is 0.220 e. The first-order valence-corrected chi connectivity index (χ1v) is 14.0. The molecule has 0 saturated heterocycles. The lowest BCUT2D eigenvalue weighted by atomic mass is 9.91. The van der Waals surface area contributed by atoms with Crippen molar-refractivity contribution in [3.05, 3.63) is 41.9 Å². The van der Waals surface area contributed by atoms with Crippen molar-refractivity contribution < 1.29 is 14.6 Å². The van der Waals surface area contributed by atoms with Crippen LogP contribution in [0.2, 0.25) is 0 Å². The topological polar surface area (TPSA) is 89.3 Å². The minimum absolute atomic E-state index is 0.0164. The highest BCUT2D eigenvalue weighted by atomic mass is 32.2. The van der Waals surface area contributed by atoms with Gasteiger partial charge in [-0.25, -0.2) is 0 Å². The zero-order valence-electron chi connectivity index (χ0n) is 20.7. The van der Waals surface area contributed by atoms with Crippen LogP contribution in [0.25, 0.3) is 5.69 Å². The number of aliphatic hydroxyl groups excluding tert-OH is 1. The number of carbonyl (C=O) groups is 1. The molecule has 0 radical (unpaired) electrons. The number of benzene rings is 1. The molecule has 1 saturated carbocycles. The number of rotatable bonds is 11. The lowest BCUT2D eigenvalue weighted by molar-refractivity contribution is -0.121. The number of hydrogen-bond acceptors (Lipinski definition) is 6. The van der Waals surface area contributed by atoms with E-state index in [2.05, 4.69) is 26.1 Å². The van der Waals surface area contributed by atoms with Crippen LogP contribution in [-0.4, -0.2) is 45.2 Å². The third-order valence-corrected chi connectivity index (χ3v) is 8.22. The van der Waals surface area contributed by atoms with Gasteiger partial charge in [-0.2, -0.15) is 0 Å². The van der Waals surface area contributed by atoms with Gasteiger partial charge in [0.05, 0.1) is 18.6 Å². The van der Waals surface area contributed by atoms with E-state index in [9.17, 15) is 9.90 Å². The molecule has 1 heterocycles. The molecule has 7 nitrogen and oxygen atoms in total. The van der Waals surface area contributed by atoms with Crippen molar-refractivity contribution in [1.82, 2.24) is 20.1 Å². The molecule has 2 N–H and O–H groups in total. The van der Waals surface area contributed by atoms with Crippen molar-refractivity contribution in [2.75, 3.05) is 19.4 Å². The van der Waals surface area contributed by atoms with Crippen molar-refractivity contribution in [2.45, 2.75) is 75.8 Å². The molecule has 2 aromatic rings. The van der Waals surface area contributed by atoms with Crippen molar-refractivity contribution in [1.29, 1.82) is 0 Å². The average Bonchev–Trinajstić information content (AvgIpc) is 3.30. The van der Waals surface area contributed by atoms with Crippen LogP contribution in [0.3, 0.4) is 0 Å². The van der Waals surface area contributed by atoms with Crippen LogP contribution in [0.15, 0.2) is 41.3 Å². The second-order valence-corrected chi connectivity index (χ2v) is 10.7. The third kappa shape index (κ3) is 7.26. The summed E-state index contributed by atoms with van der Waals surface area (Å²) >= 11 is 1.79. The molecule has 0 bridgehead atoms. The van der Waals surface area contributed by atoms with Crippen LogP contribution in [0, 0.1) is 11.8 Å². The van der Waals surface area contributed by atoms with Crippen molar-refractivity contribution >= 4 is 17.7 Å². The number of methoxy groups -OCH3 is 1. The normalized spacial score (nSPS) is 18.8. The van der Waals surface area contributed by atoms with Gasteiger partial charge in [0.15, 0.2) is 5.16 Å². The number of carbonyl (C=O) groups excluding carboxylic acids is 1. The van der Waals surface area contributed by atoms with E-state index in [1.165, 1.54) is 32.1 Å². The van der Waals surface area contributed by atoms with Crippen LogP contribution in [0.4, 0.5) is 0 Å². The first-order valence-electron chi connectivity index (χ1n) is 13.0. The summed E-state index contributed by atoms with van der Waals surface area (Å²) in [6.07, 6.45) is 13.2. The third-order valence-electron chi connectivity index (χ3n) is 7.06. The number of nitrogens with one attached hydrogen (secondary N) is 1. The summed E-state index contributed by atoms with van der Waals surface area (Å²) in [7, 11) is 1.67. The molecule has 0 spiro atoms. The molecule has 4 rings (SSSR count). The van der Waals surface area contributed by atoms with Gasteiger partial charge < -0.3 is 15.2 Å². The second kappa shape index (κ2) is 13.0. The van der Waals surface area contributed by atoms with Gasteiger partial charge in [0.2, 0.25) is 5.91 Å². The monoisotopic (exact) mass is 498 g/mol. The van der Waals surface area contributed by atoms with Crippen LogP contribution < -0.4 is 10.1 Å². The first kappa shape index (κ1) is 25.6. The summed E-state index contributed by atoms with van der Waals surface area (Å²) in [5.74, 6) is 3.95. The van der Waals surface area contributed by atoms with E-state index in [1.54, 1.807) is 18.9 Å². The van der Waals surface area contributed by atoms with Crippen molar-refractivity contribution in [3.8, 4) is 11.4 Å². The first-order chi connectivity index (χ1) is 17.1. The highest BCUT2D eigenvalue weighted by molar-refractivity contribution is 7.99. The summed E-state index contributed by atoms with van der Waals surface area (Å²) in [5, 5.41) is 22.9. The molecular formula is C27H38N4O3S. The van der Waals surface area contributed by atoms with Crippen LogP contribution in [0.5, 0.6) is 5.75 Å². The number of aromatic nitrogens is 3. The van der Waals surface area contributed by atoms with Gasteiger partial charge in [0.25, 0.3) is 0 Å². The van der Waals surface area contributed by atoms with Gasteiger partial charge in [0, 0.05) is 37.1 Å². The Morgan fingerprint density at radius 1 is 1.20 bits per heavy atom. The van der Waals surface area contributed by atoms with Crippen LogP contribution >= 0.6 is 11.8 Å². The minimum Gasteiger partial charge on any atom is -0.512 e. The SMILES string of the molecule is COc1cccc(-n2c(CCCC(=O)NCC3CCCC=C3O)nnc2SCC2CCCCC2)c1. The molecule has 1 atom stereocenters. The Labute approximate surface area is 212 Å². The Morgan fingerprint density at radius 2 is 2.06 bits per heavy atom. The summed E-state index contributed by atoms with van der Waals surface area (Å²) in [6.45, 7) is 0.503. The van der Waals surface area contributed by atoms with E-state index >= 15 is 0 Å². The number of hydrogen-bond donors (Lipinski definition) is 2. The fourth-order valence-corrected chi connectivity index (χ4v) is 6.14. The Kier molecular flexibility index (Phi) is 9.51. The molecule has 1 unspecified atom stereocenters. The maximum absolute atomic E-state index is 12.4. The molecule has 2 aliphatic carbocycles. The summed E-state index contributed by atoms with van der Waals surface area (Å²) in [5.41, 5.74) is 0.986. The molecule has 0 aliphatic heterocycles. The van der Waals surface area contributed by atoms with E-state index in [4.69, 9.17) is 4.74 Å². The zero-order chi connectivity index (χ0) is 24.5. The number of aliphatic hydroxyl groups is 1. The van der Waals surface area contributed by atoms with E-state index in [1.807, 2.05) is 24.3 Å². The van der Waals surface area contributed by atoms with Gasteiger partial charge in [-0.1, -0.05) is 37.1 Å². The molecule has 190 valence electrons. The predicted molar refractivity (Wildman–Crippen MR) is 139 cm³/mol. The molecule has 35 heavy (non-hydrogen) atoms. The summed E-state index contributed by atoms with van der Waals surface area (Å²) < 4.78 is 7.57. The lowest BCUT2D eigenvalue weighted by Gasteiger charge is -2.21. The molecular weight excluding hydrogens is 460 g/mol. The molecule has 2 aliphatic rings. The number of ether oxygens (including phenoxy) is 1. The molecule has 1 aromatic carbocycles. The number of allylic oxidation sites excluding steroid dienone is 1. The standard InChI is InChI=1S/C27H38N4O3S/c1-34-23-13-7-12-22(17-23)31-25(29-30-27(31)35-19-20-9-3-2-4-10-20)15-8-16-26(33)28-18-21-11-5-6-14-24(21)32/h7,12-14,17,20-21,32H,2-6,8-11,15-16,18-19H2,1H3,(H,28,33). The minimum atomic E-state index is 0.0164. The van der Waals surface area contributed by atoms with E-state index in [0.29, 0.717) is 31.6 Å². The predicted octanol–water partition coefficient (Wildman–Crippen LogP) is 5.63. The van der Waals surface area contributed by atoms with E-state index in [0.717, 1.165) is 53.4 Å². The summed E-state index contributed by atoms with van der Waals surface area (Å²) in [4.78, 5) is 12.4. The van der Waals surface area contributed by atoms with E-state index < -0.39 is 0 Å². The Hall–Kier alpha value is -2.48. The Balaban J connectivity index is 1.37. The van der Waals surface area contributed by atoms with Gasteiger partial charge in [-0.05, 0) is 62.7 Å². The Bertz CT molecular complexity index is 1000. The summed E-state index contributed by atoms with van der Waals surface area (Å²) in [6, 6.07) is 7.98. The molecule has 8 heteroatoms.